The van der Waals surface area contributed by atoms with Gasteiger partial charge in [-0.2, -0.15) is 0 Å². The van der Waals surface area contributed by atoms with Crippen LogP contribution in [0.25, 0.3) is 22.0 Å². The highest BCUT2D eigenvalue weighted by atomic mass is 16.6. The summed E-state index contributed by atoms with van der Waals surface area (Å²) in [6.07, 6.45) is 2.24. The number of furan rings is 1. The lowest BCUT2D eigenvalue weighted by molar-refractivity contribution is -0.138. The molecular formula is C23H23NO7. The predicted octanol–water partition coefficient (Wildman–Crippen LogP) is 4.28. The summed E-state index contributed by atoms with van der Waals surface area (Å²) in [6.45, 7) is 5.39. The molecule has 162 valence electrons. The molecule has 8 nitrogen and oxygen atoms in total. The normalized spacial score (nSPS) is 11.7. The lowest BCUT2D eigenvalue weighted by Gasteiger charge is -2.12. The average molecular weight is 425 g/mol. The third-order valence-corrected chi connectivity index (χ3v) is 4.42. The molecule has 0 saturated carbocycles. The number of benzene rings is 1. The van der Waals surface area contributed by atoms with Gasteiger partial charge >= 0.3 is 18.0 Å². The van der Waals surface area contributed by atoms with Crippen molar-refractivity contribution in [3.8, 4) is 0 Å². The maximum Gasteiger partial charge on any atom is 0.418 e. The second-order valence-corrected chi connectivity index (χ2v) is 6.30. The van der Waals surface area contributed by atoms with E-state index in [9.17, 15) is 14.4 Å². The Balaban J connectivity index is 2.37. The first-order valence-electron chi connectivity index (χ1n) is 9.93. The van der Waals surface area contributed by atoms with Gasteiger partial charge in [-0.05, 0) is 39.0 Å². The number of para-hydroxylation sites is 1. The van der Waals surface area contributed by atoms with Gasteiger partial charge in [-0.15, -0.1) is 0 Å². The summed E-state index contributed by atoms with van der Waals surface area (Å²) in [5, 5.41) is 0.562. The van der Waals surface area contributed by atoms with Crippen molar-refractivity contribution < 1.29 is 33.0 Å². The van der Waals surface area contributed by atoms with Crippen LogP contribution in [0.4, 0.5) is 4.79 Å². The fraction of sp³-hybridized carbons (Fsp3) is 0.261. The number of hydrogen-bond donors (Lipinski definition) is 0. The van der Waals surface area contributed by atoms with Crippen molar-refractivity contribution in [3.05, 3.63) is 60.2 Å². The van der Waals surface area contributed by atoms with Crippen molar-refractivity contribution in [3.63, 3.8) is 0 Å². The van der Waals surface area contributed by atoms with E-state index < -0.39 is 18.0 Å². The maximum atomic E-state index is 13.1. The summed E-state index contributed by atoms with van der Waals surface area (Å²) in [5.41, 5.74) is 0.688. The largest absolute Gasteiger partial charge is 0.464 e. The molecule has 0 atom stereocenters. The third-order valence-electron chi connectivity index (χ3n) is 4.42. The standard InChI is InChI=1S/C23H23NO7/c1-4-28-21(25)19(20(22(26)29-5-2)18-12-9-13-31-18)16-14-24(23(27)30-6-3)17-11-8-7-10-15(16)17/h7-14H,4-6H2,1-3H3/b20-19-. The molecule has 0 aliphatic rings. The molecule has 0 unspecified atom stereocenters. The Labute approximate surface area is 179 Å². The summed E-state index contributed by atoms with van der Waals surface area (Å²) in [7, 11) is 0. The minimum Gasteiger partial charge on any atom is -0.464 e. The molecule has 3 aromatic rings. The van der Waals surface area contributed by atoms with Crippen LogP contribution in [0, 0.1) is 0 Å². The molecule has 0 saturated heterocycles. The molecule has 0 amide bonds. The topological polar surface area (TPSA) is 97.0 Å². The van der Waals surface area contributed by atoms with Gasteiger partial charge in [0.1, 0.15) is 11.3 Å². The Kier molecular flexibility index (Phi) is 6.92. The fourth-order valence-electron chi connectivity index (χ4n) is 3.22. The molecule has 2 aromatic heterocycles. The zero-order chi connectivity index (χ0) is 22.4. The van der Waals surface area contributed by atoms with E-state index >= 15 is 0 Å². The molecule has 0 N–H and O–H groups in total. The van der Waals surface area contributed by atoms with Crippen molar-refractivity contribution in [2.75, 3.05) is 19.8 Å². The Morgan fingerprint density at radius 1 is 0.839 bits per heavy atom. The molecule has 3 rings (SSSR count). The van der Waals surface area contributed by atoms with Gasteiger partial charge in [0, 0.05) is 17.1 Å². The van der Waals surface area contributed by atoms with E-state index in [0.29, 0.717) is 16.5 Å². The zero-order valence-corrected chi connectivity index (χ0v) is 17.5. The van der Waals surface area contributed by atoms with Gasteiger partial charge in [0.05, 0.1) is 37.2 Å². The van der Waals surface area contributed by atoms with Crippen molar-refractivity contribution in [1.29, 1.82) is 0 Å². The molecule has 2 heterocycles. The number of fused-ring (bicyclic) bond motifs is 1. The maximum absolute atomic E-state index is 13.1. The monoisotopic (exact) mass is 425 g/mol. The van der Waals surface area contributed by atoms with Crippen molar-refractivity contribution >= 4 is 40.1 Å². The van der Waals surface area contributed by atoms with Crippen LogP contribution in [-0.2, 0) is 23.8 Å². The van der Waals surface area contributed by atoms with Crippen LogP contribution < -0.4 is 0 Å². The quantitative estimate of drug-likeness (QED) is 0.317. The molecule has 8 heteroatoms. The third kappa shape index (κ3) is 4.37. The Morgan fingerprint density at radius 3 is 2.10 bits per heavy atom. The lowest BCUT2D eigenvalue weighted by atomic mass is 9.97. The molecule has 0 aliphatic heterocycles. The fourth-order valence-corrected chi connectivity index (χ4v) is 3.22. The van der Waals surface area contributed by atoms with E-state index in [4.69, 9.17) is 18.6 Å². The van der Waals surface area contributed by atoms with Gasteiger partial charge in [0.15, 0.2) is 0 Å². The Morgan fingerprint density at radius 2 is 1.48 bits per heavy atom. The molecule has 0 spiro atoms. The van der Waals surface area contributed by atoms with Crippen LogP contribution in [-0.4, -0.2) is 42.4 Å². The second kappa shape index (κ2) is 9.80. The number of esters is 2. The first-order valence-corrected chi connectivity index (χ1v) is 9.93. The Bertz CT molecular complexity index is 1120. The number of hydrogen-bond acceptors (Lipinski definition) is 7. The van der Waals surface area contributed by atoms with Crippen LogP contribution in [0.15, 0.2) is 53.3 Å². The van der Waals surface area contributed by atoms with Gasteiger partial charge in [0.2, 0.25) is 0 Å². The highest BCUT2D eigenvalue weighted by Gasteiger charge is 2.31. The predicted molar refractivity (Wildman–Crippen MR) is 113 cm³/mol. The van der Waals surface area contributed by atoms with E-state index in [1.807, 2.05) is 0 Å². The molecule has 0 fully saturated rings. The van der Waals surface area contributed by atoms with E-state index in [0.717, 1.165) is 0 Å². The van der Waals surface area contributed by atoms with Crippen LogP contribution in [0.5, 0.6) is 0 Å². The van der Waals surface area contributed by atoms with Crippen molar-refractivity contribution in [2.24, 2.45) is 0 Å². The first-order chi connectivity index (χ1) is 15.0. The van der Waals surface area contributed by atoms with Crippen molar-refractivity contribution in [2.45, 2.75) is 20.8 Å². The molecule has 1 aromatic carbocycles. The highest BCUT2D eigenvalue weighted by molar-refractivity contribution is 6.38. The van der Waals surface area contributed by atoms with Crippen LogP contribution in [0.2, 0.25) is 0 Å². The summed E-state index contributed by atoms with van der Waals surface area (Å²) in [5.74, 6) is -1.34. The Hall–Kier alpha value is -3.81. The van der Waals surface area contributed by atoms with Gasteiger partial charge in [-0.3, -0.25) is 4.57 Å². The molecule has 0 bridgehead atoms. The van der Waals surface area contributed by atoms with E-state index in [2.05, 4.69) is 0 Å². The molecule has 31 heavy (non-hydrogen) atoms. The van der Waals surface area contributed by atoms with Crippen LogP contribution >= 0.6 is 0 Å². The number of carbonyl (C=O) groups is 3. The van der Waals surface area contributed by atoms with Gasteiger partial charge in [-0.25, -0.2) is 14.4 Å². The second-order valence-electron chi connectivity index (χ2n) is 6.30. The minimum atomic E-state index is -0.742. The number of ether oxygens (including phenoxy) is 3. The van der Waals surface area contributed by atoms with E-state index in [-0.39, 0.29) is 36.7 Å². The van der Waals surface area contributed by atoms with Gasteiger partial charge in [-0.1, -0.05) is 18.2 Å². The molecule has 0 radical (unpaired) electrons. The first kappa shape index (κ1) is 21.9. The summed E-state index contributed by atoms with van der Waals surface area (Å²) in [4.78, 5) is 38.5. The number of nitrogens with zero attached hydrogens (tertiary/aromatic N) is 1. The summed E-state index contributed by atoms with van der Waals surface area (Å²) in [6, 6.07) is 10.1. The van der Waals surface area contributed by atoms with Crippen LogP contribution in [0.1, 0.15) is 32.1 Å². The highest BCUT2D eigenvalue weighted by Crippen LogP contribution is 2.35. The smallest absolute Gasteiger partial charge is 0.418 e. The minimum absolute atomic E-state index is 0.0606. The zero-order valence-electron chi connectivity index (χ0n) is 17.5. The van der Waals surface area contributed by atoms with E-state index in [1.54, 1.807) is 57.2 Å². The SMILES string of the molecule is CCOC(=O)/C(=C(\C(=O)OCC)c1cn(C(=O)OCC)c2ccccc12)c1ccco1. The summed E-state index contributed by atoms with van der Waals surface area (Å²) < 4.78 is 22.3. The summed E-state index contributed by atoms with van der Waals surface area (Å²) >= 11 is 0. The number of aromatic nitrogens is 1. The number of carbonyl (C=O) groups excluding carboxylic acids is 3. The molecule has 0 aliphatic carbocycles. The van der Waals surface area contributed by atoms with Crippen LogP contribution in [0.3, 0.4) is 0 Å². The van der Waals surface area contributed by atoms with Crippen molar-refractivity contribution in [1.82, 2.24) is 4.57 Å². The molecular weight excluding hydrogens is 402 g/mol. The average Bonchev–Trinajstić information content (AvgIpc) is 3.40. The van der Waals surface area contributed by atoms with Gasteiger partial charge < -0.3 is 18.6 Å². The lowest BCUT2D eigenvalue weighted by Crippen LogP contribution is -2.15. The number of rotatable bonds is 7. The van der Waals surface area contributed by atoms with E-state index in [1.165, 1.54) is 17.0 Å². The van der Waals surface area contributed by atoms with Gasteiger partial charge in [0.25, 0.3) is 0 Å².